The van der Waals surface area contributed by atoms with Crippen LogP contribution in [0.1, 0.15) is 26.8 Å². The summed E-state index contributed by atoms with van der Waals surface area (Å²) in [5.41, 5.74) is 0.545. The number of nitrogens with one attached hydrogen (secondary N) is 1. The summed E-state index contributed by atoms with van der Waals surface area (Å²) in [6, 6.07) is 7.66. The highest BCUT2D eigenvalue weighted by atomic mass is 32.2. The summed E-state index contributed by atoms with van der Waals surface area (Å²) in [5, 5.41) is 14.6. The van der Waals surface area contributed by atoms with Gasteiger partial charge in [-0.15, -0.1) is 10.2 Å². The molecule has 3 aromatic rings. The van der Waals surface area contributed by atoms with Gasteiger partial charge in [-0.05, 0) is 45.0 Å². The van der Waals surface area contributed by atoms with Crippen LogP contribution in [0.15, 0.2) is 46.2 Å². The van der Waals surface area contributed by atoms with Gasteiger partial charge in [0.25, 0.3) is 5.22 Å². The highest BCUT2D eigenvalue weighted by Gasteiger charge is 2.20. The maximum Gasteiger partial charge on any atom is 0.387 e. The summed E-state index contributed by atoms with van der Waals surface area (Å²) >= 11 is 1.11. The highest BCUT2D eigenvalue weighted by molar-refractivity contribution is 8.00. The Balaban J connectivity index is 1.61. The van der Waals surface area contributed by atoms with Gasteiger partial charge < -0.3 is 14.5 Å². The third kappa shape index (κ3) is 5.31. The maximum absolute atomic E-state index is 12.5. The van der Waals surface area contributed by atoms with Crippen LogP contribution in [0, 0.1) is 0 Å². The van der Waals surface area contributed by atoms with E-state index in [1.165, 1.54) is 24.3 Å². The molecule has 0 saturated heterocycles. The van der Waals surface area contributed by atoms with Crippen LogP contribution in [0.25, 0.3) is 11.5 Å². The SMILES string of the molecule is CC(Sc1nnc(-c2ccc(OC(F)F)cc2)o1)C(=O)Nc1ccnn1C(C)C. The lowest BCUT2D eigenvalue weighted by Crippen LogP contribution is -2.24. The Labute approximate surface area is 169 Å². The summed E-state index contributed by atoms with van der Waals surface area (Å²) in [4.78, 5) is 12.5. The molecule has 0 aliphatic carbocycles. The van der Waals surface area contributed by atoms with Gasteiger partial charge in [0, 0.05) is 17.7 Å². The number of alkyl halides is 2. The number of halogens is 2. The van der Waals surface area contributed by atoms with Gasteiger partial charge in [0.1, 0.15) is 11.6 Å². The predicted molar refractivity (Wildman–Crippen MR) is 103 cm³/mol. The molecule has 0 aliphatic heterocycles. The first-order valence-electron chi connectivity index (χ1n) is 8.73. The zero-order chi connectivity index (χ0) is 21.0. The van der Waals surface area contributed by atoms with Gasteiger partial charge in [-0.3, -0.25) is 4.79 Å². The van der Waals surface area contributed by atoms with E-state index in [-0.39, 0.29) is 28.8 Å². The number of carbonyl (C=O) groups excluding carboxylic acids is 1. The van der Waals surface area contributed by atoms with Crippen LogP contribution in [-0.4, -0.2) is 37.7 Å². The molecule has 0 fully saturated rings. The average Bonchev–Trinajstić information content (AvgIpc) is 3.31. The second-order valence-electron chi connectivity index (χ2n) is 6.28. The van der Waals surface area contributed by atoms with E-state index in [9.17, 15) is 13.6 Å². The monoisotopic (exact) mass is 423 g/mol. The van der Waals surface area contributed by atoms with Crippen molar-refractivity contribution in [2.45, 2.75) is 43.9 Å². The van der Waals surface area contributed by atoms with Crippen molar-refractivity contribution in [1.29, 1.82) is 0 Å². The van der Waals surface area contributed by atoms with E-state index in [0.29, 0.717) is 11.4 Å². The van der Waals surface area contributed by atoms with E-state index in [2.05, 4.69) is 25.3 Å². The summed E-state index contributed by atoms with van der Waals surface area (Å²) in [5.74, 6) is 0.616. The summed E-state index contributed by atoms with van der Waals surface area (Å²) in [7, 11) is 0. The van der Waals surface area contributed by atoms with Gasteiger partial charge >= 0.3 is 6.61 Å². The molecule has 3 rings (SSSR count). The smallest absolute Gasteiger partial charge is 0.387 e. The lowest BCUT2D eigenvalue weighted by atomic mass is 10.2. The Bertz CT molecular complexity index is 959. The average molecular weight is 423 g/mol. The number of benzene rings is 1. The molecule has 2 heterocycles. The van der Waals surface area contributed by atoms with E-state index in [1.54, 1.807) is 23.9 Å². The van der Waals surface area contributed by atoms with Gasteiger partial charge in [-0.25, -0.2) is 4.68 Å². The number of hydrogen-bond donors (Lipinski definition) is 1. The lowest BCUT2D eigenvalue weighted by molar-refractivity contribution is -0.115. The zero-order valence-electron chi connectivity index (χ0n) is 15.9. The molecular formula is C18H19F2N5O3S. The normalized spacial score (nSPS) is 12.4. The Morgan fingerprint density at radius 3 is 2.55 bits per heavy atom. The third-order valence-electron chi connectivity index (χ3n) is 3.79. The second kappa shape index (κ2) is 9.03. The zero-order valence-corrected chi connectivity index (χ0v) is 16.7. The topological polar surface area (TPSA) is 95.1 Å². The van der Waals surface area contributed by atoms with E-state index in [0.717, 1.165) is 11.8 Å². The van der Waals surface area contributed by atoms with Crippen molar-refractivity contribution in [2.24, 2.45) is 0 Å². The van der Waals surface area contributed by atoms with Crippen LogP contribution < -0.4 is 10.1 Å². The number of rotatable bonds is 8. The molecule has 0 bridgehead atoms. The minimum absolute atomic E-state index is 0.0313. The van der Waals surface area contributed by atoms with Crippen molar-refractivity contribution in [3.8, 4) is 17.2 Å². The van der Waals surface area contributed by atoms with E-state index in [4.69, 9.17) is 4.42 Å². The van der Waals surface area contributed by atoms with Crippen LogP contribution >= 0.6 is 11.8 Å². The fraction of sp³-hybridized carbons (Fsp3) is 0.333. The van der Waals surface area contributed by atoms with Crippen molar-refractivity contribution >= 4 is 23.5 Å². The number of hydrogen-bond acceptors (Lipinski definition) is 7. The predicted octanol–water partition coefficient (Wildman–Crippen LogP) is 4.23. The van der Waals surface area contributed by atoms with Crippen molar-refractivity contribution < 1.29 is 22.7 Å². The first kappa shape index (κ1) is 20.8. The summed E-state index contributed by atoms with van der Waals surface area (Å²) < 4.78 is 36.0. The number of nitrogens with zero attached hydrogens (tertiary/aromatic N) is 4. The number of anilines is 1. The minimum atomic E-state index is -2.89. The third-order valence-corrected chi connectivity index (χ3v) is 4.72. The van der Waals surface area contributed by atoms with Crippen molar-refractivity contribution in [1.82, 2.24) is 20.0 Å². The van der Waals surface area contributed by atoms with Gasteiger partial charge in [-0.2, -0.15) is 13.9 Å². The van der Waals surface area contributed by atoms with E-state index < -0.39 is 11.9 Å². The fourth-order valence-corrected chi connectivity index (χ4v) is 3.09. The quantitative estimate of drug-likeness (QED) is 0.542. The van der Waals surface area contributed by atoms with Crippen molar-refractivity contribution in [2.75, 3.05) is 5.32 Å². The minimum Gasteiger partial charge on any atom is -0.435 e. The first-order valence-corrected chi connectivity index (χ1v) is 9.61. The van der Waals surface area contributed by atoms with Gasteiger partial charge in [0.05, 0.1) is 11.4 Å². The molecule has 0 spiro atoms. The first-order chi connectivity index (χ1) is 13.8. The standard InChI is InChI=1S/C18H19F2N5O3S/c1-10(2)25-14(8-9-21-25)22-15(26)11(3)29-18-24-23-16(28-18)12-4-6-13(7-5-12)27-17(19)20/h4-11,17H,1-3H3,(H,22,26). The van der Waals surface area contributed by atoms with Crippen molar-refractivity contribution in [3.05, 3.63) is 36.5 Å². The number of amides is 1. The molecule has 1 amide bonds. The van der Waals surface area contributed by atoms with Crippen LogP contribution in [0.4, 0.5) is 14.6 Å². The Hall–Kier alpha value is -2.95. The molecule has 2 aromatic heterocycles. The molecule has 8 nitrogen and oxygen atoms in total. The highest BCUT2D eigenvalue weighted by Crippen LogP contribution is 2.28. The van der Waals surface area contributed by atoms with E-state index in [1.807, 2.05) is 13.8 Å². The number of carbonyl (C=O) groups is 1. The van der Waals surface area contributed by atoms with Crippen LogP contribution in [0.3, 0.4) is 0 Å². The largest absolute Gasteiger partial charge is 0.435 e. The van der Waals surface area contributed by atoms with Crippen LogP contribution in [0.5, 0.6) is 5.75 Å². The fourth-order valence-electron chi connectivity index (χ4n) is 2.41. The van der Waals surface area contributed by atoms with Crippen LogP contribution in [0.2, 0.25) is 0 Å². The Morgan fingerprint density at radius 2 is 1.90 bits per heavy atom. The maximum atomic E-state index is 12.5. The second-order valence-corrected chi connectivity index (χ2v) is 7.57. The molecule has 1 atom stereocenters. The molecule has 11 heteroatoms. The summed E-state index contributed by atoms with van der Waals surface area (Å²) in [6.45, 7) is 2.76. The number of ether oxygens (including phenoxy) is 1. The molecule has 0 aliphatic rings. The summed E-state index contributed by atoms with van der Waals surface area (Å²) in [6.07, 6.45) is 1.62. The Kier molecular flexibility index (Phi) is 6.47. The van der Waals surface area contributed by atoms with Gasteiger partial charge in [-0.1, -0.05) is 11.8 Å². The Morgan fingerprint density at radius 1 is 1.17 bits per heavy atom. The lowest BCUT2D eigenvalue weighted by Gasteiger charge is -2.13. The van der Waals surface area contributed by atoms with Crippen molar-refractivity contribution in [3.63, 3.8) is 0 Å². The molecule has 0 saturated carbocycles. The van der Waals surface area contributed by atoms with E-state index >= 15 is 0 Å². The molecule has 154 valence electrons. The molecule has 1 aromatic carbocycles. The molecular weight excluding hydrogens is 404 g/mol. The number of aromatic nitrogens is 4. The molecule has 0 radical (unpaired) electrons. The molecule has 29 heavy (non-hydrogen) atoms. The molecule has 1 unspecified atom stereocenters. The number of thioether (sulfide) groups is 1. The molecule has 1 N–H and O–H groups in total. The van der Waals surface area contributed by atoms with Gasteiger partial charge in [0.2, 0.25) is 11.8 Å². The van der Waals surface area contributed by atoms with Gasteiger partial charge in [0.15, 0.2) is 0 Å². The van der Waals surface area contributed by atoms with Crippen LogP contribution in [-0.2, 0) is 4.79 Å².